The van der Waals surface area contributed by atoms with Gasteiger partial charge in [0.05, 0.1) is 22.4 Å². The van der Waals surface area contributed by atoms with E-state index in [1.807, 2.05) is 36.4 Å². The van der Waals surface area contributed by atoms with Crippen molar-refractivity contribution in [3.63, 3.8) is 0 Å². The number of aromatic nitrogens is 2. The summed E-state index contributed by atoms with van der Waals surface area (Å²) in [5.41, 5.74) is 3.65. The third kappa shape index (κ3) is 2.89. The van der Waals surface area contributed by atoms with Crippen LogP contribution >= 0.6 is 0 Å². The Balaban J connectivity index is 1.86. The molecule has 0 aliphatic carbocycles. The maximum absolute atomic E-state index is 13.9. The van der Waals surface area contributed by atoms with Crippen LogP contribution in [0.15, 0.2) is 84.9 Å². The van der Waals surface area contributed by atoms with Crippen LogP contribution in [0.2, 0.25) is 0 Å². The highest BCUT2D eigenvalue weighted by Crippen LogP contribution is 2.32. The Morgan fingerprint density at radius 2 is 0.964 bits per heavy atom. The molecule has 0 fully saturated rings. The molecule has 1 heterocycles. The average Bonchev–Trinajstić information content (AvgIpc) is 2.71. The predicted octanol–water partition coefficient (Wildman–Crippen LogP) is 6.40. The first-order valence-electron chi connectivity index (χ1n) is 8.90. The molecule has 0 radical (unpaired) electrons. The third-order valence-corrected chi connectivity index (χ3v) is 4.73. The van der Waals surface area contributed by atoms with E-state index >= 15 is 0 Å². The van der Waals surface area contributed by atoms with Crippen LogP contribution in [-0.2, 0) is 0 Å². The van der Waals surface area contributed by atoms with Crippen LogP contribution in [-0.4, -0.2) is 9.97 Å². The van der Waals surface area contributed by atoms with Crippen molar-refractivity contribution in [1.82, 2.24) is 9.97 Å². The van der Waals surface area contributed by atoms with Gasteiger partial charge in [-0.2, -0.15) is 0 Å². The summed E-state index contributed by atoms with van der Waals surface area (Å²) in [5, 5.41) is 2.10. The van der Waals surface area contributed by atoms with Gasteiger partial charge in [-0.1, -0.05) is 48.5 Å². The van der Waals surface area contributed by atoms with Crippen LogP contribution in [0.5, 0.6) is 0 Å². The molecule has 5 rings (SSSR count). The van der Waals surface area contributed by atoms with Crippen LogP contribution in [0.4, 0.5) is 8.78 Å². The zero-order valence-electron chi connectivity index (χ0n) is 14.7. The number of hydrogen-bond donors (Lipinski definition) is 0. The standard InChI is InChI=1S/C24H14F2N2/c25-19-9-3-7-17(11-19)23-24(18-8-4-10-20(26)12-18)28-22-14-16-6-2-1-5-15(16)13-21(22)27-23/h1-14H. The highest BCUT2D eigenvalue weighted by molar-refractivity contribution is 5.97. The molecule has 0 unspecified atom stereocenters. The minimum absolute atomic E-state index is 0.358. The monoisotopic (exact) mass is 368 g/mol. The van der Waals surface area contributed by atoms with Gasteiger partial charge in [-0.25, -0.2) is 18.7 Å². The van der Waals surface area contributed by atoms with Gasteiger partial charge in [0.2, 0.25) is 0 Å². The maximum Gasteiger partial charge on any atom is 0.123 e. The summed E-state index contributed by atoms with van der Waals surface area (Å²) in [5.74, 6) is -0.716. The van der Waals surface area contributed by atoms with Crippen molar-refractivity contribution in [2.75, 3.05) is 0 Å². The van der Waals surface area contributed by atoms with E-state index in [0.29, 0.717) is 33.5 Å². The summed E-state index contributed by atoms with van der Waals surface area (Å²) in [6.45, 7) is 0. The van der Waals surface area contributed by atoms with Gasteiger partial charge in [0.15, 0.2) is 0 Å². The zero-order valence-corrected chi connectivity index (χ0v) is 14.7. The molecule has 0 aliphatic heterocycles. The Hall–Kier alpha value is -3.66. The number of nitrogens with zero attached hydrogens (tertiary/aromatic N) is 2. The fraction of sp³-hybridized carbons (Fsp3) is 0. The summed E-state index contributed by atoms with van der Waals surface area (Å²) in [6, 6.07) is 24.3. The van der Waals surface area contributed by atoms with Gasteiger partial charge >= 0.3 is 0 Å². The van der Waals surface area contributed by atoms with Gasteiger partial charge < -0.3 is 0 Å². The van der Waals surface area contributed by atoms with Crippen LogP contribution < -0.4 is 0 Å². The van der Waals surface area contributed by atoms with Crippen molar-refractivity contribution in [2.24, 2.45) is 0 Å². The van der Waals surface area contributed by atoms with Crippen LogP contribution in [0.1, 0.15) is 0 Å². The van der Waals surface area contributed by atoms with E-state index < -0.39 is 0 Å². The second kappa shape index (κ2) is 6.50. The van der Waals surface area contributed by atoms with Crippen molar-refractivity contribution in [1.29, 1.82) is 0 Å². The van der Waals surface area contributed by atoms with Crippen LogP contribution in [0, 0.1) is 11.6 Å². The van der Waals surface area contributed by atoms with E-state index in [9.17, 15) is 8.78 Å². The Morgan fingerprint density at radius 3 is 1.39 bits per heavy atom. The zero-order chi connectivity index (χ0) is 19.1. The normalized spacial score (nSPS) is 11.2. The highest BCUT2D eigenvalue weighted by atomic mass is 19.1. The molecule has 0 aliphatic rings. The summed E-state index contributed by atoms with van der Waals surface area (Å²) in [7, 11) is 0. The first kappa shape index (κ1) is 16.5. The molecule has 0 spiro atoms. The molecule has 5 aromatic rings. The molecule has 0 N–H and O–H groups in total. The SMILES string of the molecule is Fc1cccc(-c2nc3cc4ccccc4cc3nc2-c2cccc(F)c2)c1. The summed E-state index contributed by atoms with van der Waals surface area (Å²) in [4.78, 5) is 9.58. The number of fused-ring (bicyclic) bond motifs is 2. The summed E-state index contributed by atoms with van der Waals surface area (Å²) < 4.78 is 27.7. The molecular weight excluding hydrogens is 354 g/mol. The van der Waals surface area contributed by atoms with Gasteiger partial charge in [-0.15, -0.1) is 0 Å². The van der Waals surface area contributed by atoms with Gasteiger partial charge in [-0.3, -0.25) is 0 Å². The van der Waals surface area contributed by atoms with Crippen LogP contribution in [0.3, 0.4) is 0 Å². The van der Waals surface area contributed by atoms with Gasteiger partial charge in [-0.05, 0) is 47.2 Å². The lowest BCUT2D eigenvalue weighted by atomic mass is 10.0. The number of hydrogen-bond acceptors (Lipinski definition) is 2. The minimum atomic E-state index is -0.358. The molecule has 0 bridgehead atoms. The molecule has 0 saturated carbocycles. The number of benzene rings is 4. The number of rotatable bonds is 2. The van der Waals surface area contributed by atoms with Crippen molar-refractivity contribution >= 4 is 21.8 Å². The lowest BCUT2D eigenvalue weighted by Crippen LogP contribution is -1.96. The van der Waals surface area contributed by atoms with Gasteiger partial charge in [0, 0.05) is 11.1 Å². The van der Waals surface area contributed by atoms with Crippen molar-refractivity contribution in [3.05, 3.63) is 96.6 Å². The first-order valence-corrected chi connectivity index (χ1v) is 8.90. The van der Waals surface area contributed by atoms with Gasteiger partial charge in [0.25, 0.3) is 0 Å². The fourth-order valence-corrected chi connectivity index (χ4v) is 3.42. The smallest absolute Gasteiger partial charge is 0.123 e. The molecule has 4 heteroatoms. The second-order valence-corrected chi connectivity index (χ2v) is 6.63. The largest absolute Gasteiger partial charge is 0.244 e. The Labute approximate surface area is 160 Å². The van der Waals surface area contributed by atoms with E-state index in [-0.39, 0.29) is 11.6 Å². The van der Waals surface area contributed by atoms with Crippen molar-refractivity contribution in [3.8, 4) is 22.5 Å². The van der Waals surface area contributed by atoms with E-state index in [1.165, 1.54) is 24.3 Å². The van der Waals surface area contributed by atoms with E-state index in [4.69, 9.17) is 9.97 Å². The van der Waals surface area contributed by atoms with Gasteiger partial charge in [0.1, 0.15) is 11.6 Å². The molecule has 0 atom stereocenters. The molecule has 2 nitrogen and oxygen atoms in total. The predicted molar refractivity (Wildman–Crippen MR) is 108 cm³/mol. The molecule has 4 aromatic carbocycles. The Kier molecular flexibility index (Phi) is 3.83. The molecular formula is C24H14F2N2. The lowest BCUT2D eigenvalue weighted by Gasteiger charge is -2.11. The highest BCUT2D eigenvalue weighted by Gasteiger charge is 2.15. The second-order valence-electron chi connectivity index (χ2n) is 6.63. The summed E-state index contributed by atoms with van der Waals surface area (Å²) in [6.07, 6.45) is 0. The quantitative estimate of drug-likeness (QED) is 0.337. The Morgan fingerprint density at radius 1 is 0.500 bits per heavy atom. The van der Waals surface area contributed by atoms with Crippen molar-refractivity contribution < 1.29 is 8.78 Å². The molecule has 134 valence electrons. The fourth-order valence-electron chi connectivity index (χ4n) is 3.42. The van der Waals surface area contributed by atoms with E-state index in [1.54, 1.807) is 24.3 Å². The average molecular weight is 368 g/mol. The molecule has 0 saturated heterocycles. The number of halogens is 2. The molecule has 28 heavy (non-hydrogen) atoms. The lowest BCUT2D eigenvalue weighted by molar-refractivity contribution is 0.627. The van der Waals surface area contributed by atoms with E-state index in [2.05, 4.69) is 0 Å². The van der Waals surface area contributed by atoms with Crippen molar-refractivity contribution in [2.45, 2.75) is 0 Å². The first-order chi connectivity index (χ1) is 13.7. The topological polar surface area (TPSA) is 25.8 Å². The molecule has 1 aromatic heterocycles. The minimum Gasteiger partial charge on any atom is -0.244 e. The third-order valence-electron chi connectivity index (χ3n) is 4.73. The Bertz CT molecular complexity index is 1240. The molecule has 0 amide bonds. The maximum atomic E-state index is 13.9. The van der Waals surface area contributed by atoms with E-state index in [0.717, 1.165) is 10.8 Å². The summed E-state index contributed by atoms with van der Waals surface area (Å²) >= 11 is 0. The van der Waals surface area contributed by atoms with Crippen LogP contribution in [0.25, 0.3) is 44.3 Å².